The molecule has 0 aliphatic rings. The van der Waals surface area contributed by atoms with Crippen LogP contribution in [0.1, 0.15) is 5.82 Å². The molecular formula is C4H8N6. The fourth-order valence-electron chi connectivity index (χ4n) is 0.567. The number of nitrogen functional groups attached to an aromatic ring is 2. The van der Waals surface area contributed by atoms with E-state index >= 15 is 0 Å². The lowest BCUT2D eigenvalue weighted by atomic mass is 10.7. The van der Waals surface area contributed by atoms with E-state index in [1.807, 2.05) is 0 Å². The number of aromatic nitrogens is 3. The van der Waals surface area contributed by atoms with Crippen LogP contribution in [-0.2, 0) is 0 Å². The zero-order chi connectivity index (χ0) is 7.56. The molecule has 0 bridgehead atoms. The Morgan fingerprint density at radius 1 is 1.30 bits per heavy atom. The molecule has 6 heteroatoms. The van der Waals surface area contributed by atoms with Gasteiger partial charge in [-0.3, -0.25) is 5.43 Å². The number of aryl methyl sites for hydroxylation is 1. The number of hydrogen-bond donors (Lipinski definition) is 3. The smallest absolute Gasteiger partial charge is 0.242 e. The normalized spacial score (nSPS) is 9.40. The van der Waals surface area contributed by atoms with Crippen molar-refractivity contribution in [2.24, 2.45) is 5.84 Å². The Balaban J connectivity index is 3.06. The second-order valence-corrected chi connectivity index (χ2v) is 1.71. The largest absolute Gasteiger partial charge is 0.368 e. The quantitative estimate of drug-likeness (QED) is 0.343. The Morgan fingerprint density at radius 3 is 2.50 bits per heavy atom. The summed E-state index contributed by atoms with van der Waals surface area (Å²) in [6.07, 6.45) is 0. The van der Waals surface area contributed by atoms with E-state index in [0.717, 1.165) is 0 Å². The Kier molecular flexibility index (Phi) is 1.63. The van der Waals surface area contributed by atoms with Crippen LogP contribution in [0.15, 0.2) is 0 Å². The van der Waals surface area contributed by atoms with Gasteiger partial charge in [0, 0.05) is 0 Å². The Bertz CT molecular complexity index is 213. The molecule has 0 radical (unpaired) electrons. The number of nitrogens with zero attached hydrogens (tertiary/aromatic N) is 3. The van der Waals surface area contributed by atoms with Crippen LogP contribution >= 0.6 is 0 Å². The molecule has 0 aromatic carbocycles. The molecule has 5 N–H and O–H groups in total. The molecule has 54 valence electrons. The van der Waals surface area contributed by atoms with Crippen LogP contribution in [-0.4, -0.2) is 15.0 Å². The predicted octanol–water partition coefficient (Wildman–Crippen LogP) is -0.952. The molecular weight excluding hydrogens is 132 g/mol. The number of hydrazine groups is 1. The van der Waals surface area contributed by atoms with Gasteiger partial charge < -0.3 is 5.73 Å². The predicted molar refractivity (Wildman–Crippen MR) is 36.8 cm³/mol. The Labute approximate surface area is 57.7 Å². The molecule has 0 atom stereocenters. The van der Waals surface area contributed by atoms with Gasteiger partial charge in [0.1, 0.15) is 5.82 Å². The molecule has 1 heterocycles. The molecule has 10 heavy (non-hydrogen) atoms. The molecule has 1 aromatic heterocycles. The molecule has 6 nitrogen and oxygen atoms in total. The summed E-state index contributed by atoms with van der Waals surface area (Å²) < 4.78 is 0. The summed E-state index contributed by atoms with van der Waals surface area (Å²) in [4.78, 5) is 11.2. The van der Waals surface area contributed by atoms with Gasteiger partial charge in [0.25, 0.3) is 0 Å². The van der Waals surface area contributed by atoms with Crippen LogP contribution in [0.3, 0.4) is 0 Å². The van der Waals surface area contributed by atoms with Gasteiger partial charge in [-0.25, -0.2) is 5.84 Å². The van der Waals surface area contributed by atoms with E-state index in [4.69, 9.17) is 11.6 Å². The molecule has 0 aliphatic heterocycles. The lowest BCUT2D eigenvalue weighted by molar-refractivity contribution is 0.980. The molecule has 0 saturated carbocycles. The summed E-state index contributed by atoms with van der Waals surface area (Å²) in [6, 6.07) is 0. The summed E-state index contributed by atoms with van der Waals surface area (Å²) in [7, 11) is 0. The van der Waals surface area contributed by atoms with Crippen LogP contribution in [0.25, 0.3) is 0 Å². The maximum absolute atomic E-state index is 5.28. The molecule has 0 aliphatic carbocycles. The van der Waals surface area contributed by atoms with Crippen molar-refractivity contribution >= 4 is 11.9 Å². The van der Waals surface area contributed by atoms with E-state index in [-0.39, 0.29) is 11.9 Å². The first-order valence-electron chi connectivity index (χ1n) is 2.67. The number of anilines is 2. The molecule has 0 amide bonds. The molecule has 0 saturated heterocycles. The fourth-order valence-corrected chi connectivity index (χ4v) is 0.567. The SMILES string of the molecule is Cc1nc(N)nc(NN)n1. The second-order valence-electron chi connectivity index (χ2n) is 1.71. The minimum absolute atomic E-state index is 0.167. The highest BCUT2D eigenvalue weighted by Crippen LogP contribution is 1.98. The summed E-state index contributed by atoms with van der Waals surface area (Å²) in [6.45, 7) is 1.71. The van der Waals surface area contributed by atoms with Crippen molar-refractivity contribution in [3.05, 3.63) is 5.82 Å². The van der Waals surface area contributed by atoms with Crippen molar-refractivity contribution in [2.45, 2.75) is 6.92 Å². The van der Waals surface area contributed by atoms with E-state index in [9.17, 15) is 0 Å². The summed E-state index contributed by atoms with van der Waals surface area (Å²) in [5.41, 5.74) is 7.54. The van der Waals surface area contributed by atoms with Crippen LogP contribution in [0.2, 0.25) is 0 Å². The zero-order valence-corrected chi connectivity index (χ0v) is 5.50. The highest BCUT2D eigenvalue weighted by molar-refractivity contribution is 5.28. The number of nitrogens with one attached hydrogen (secondary N) is 1. The molecule has 0 spiro atoms. The van der Waals surface area contributed by atoms with Crippen LogP contribution in [0.5, 0.6) is 0 Å². The average Bonchev–Trinajstić information content (AvgIpc) is 1.85. The minimum atomic E-state index is 0.167. The van der Waals surface area contributed by atoms with Crippen molar-refractivity contribution in [3.8, 4) is 0 Å². The summed E-state index contributed by atoms with van der Waals surface area (Å²) in [5.74, 6) is 6.02. The fraction of sp³-hybridized carbons (Fsp3) is 0.250. The Hall–Kier alpha value is -1.43. The van der Waals surface area contributed by atoms with E-state index in [0.29, 0.717) is 5.82 Å². The number of nitrogens with two attached hydrogens (primary N) is 2. The van der Waals surface area contributed by atoms with Crippen molar-refractivity contribution in [1.82, 2.24) is 15.0 Å². The lowest BCUT2D eigenvalue weighted by Gasteiger charge is -1.98. The van der Waals surface area contributed by atoms with Crippen molar-refractivity contribution < 1.29 is 0 Å². The van der Waals surface area contributed by atoms with Gasteiger partial charge in [-0.15, -0.1) is 0 Å². The molecule has 1 aromatic rings. The number of rotatable bonds is 1. The highest BCUT2D eigenvalue weighted by atomic mass is 15.3. The van der Waals surface area contributed by atoms with Gasteiger partial charge >= 0.3 is 0 Å². The minimum Gasteiger partial charge on any atom is -0.368 e. The third-order valence-corrected chi connectivity index (χ3v) is 0.894. The van der Waals surface area contributed by atoms with Gasteiger partial charge in [-0.1, -0.05) is 0 Å². The van der Waals surface area contributed by atoms with Gasteiger partial charge in [0.2, 0.25) is 11.9 Å². The van der Waals surface area contributed by atoms with E-state index in [1.165, 1.54) is 0 Å². The summed E-state index contributed by atoms with van der Waals surface area (Å²) >= 11 is 0. The van der Waals surface area contributed by atoms with Gasteiger partial charge in [-0.05, 0) is 6.92 Å². The molecule has 0 unspecified atom stereocenters. The third kappa shape index (κ3) is 1.29. The zero-order valence-electron chi connectivity index (χ0n) is 5.50. The molecule has 1 rings (SSSR count). The number of hydrogen-bond acceptors (Lipinski definition) is 6. The molecule has 0 fully saturated rings. The first kappa shape index (κ1) is 6.69. The lowest BCUT2D eigenvalue weighted by Crippen LogP contribution is -2.13. The highest BCUT2D eigenvalue weighted by Gasteiger charge is 1.96. The maximum Gasteiger partial charge on any atom is 0.242 e. The van der Waals surface area contributed by atoms with Gasteiger partial charge in [0.05, 0.1) is 0 Å². The van der Waals surface area contributed by atoms with Crippen molar-refractivity contribution in [3.63, 3.8) is 0 Å². The Morgan fingerprint density at radius 2 is 2.00 bits per heavy atom. The first-order chi connectivity index (χ1) is 4.72. The average molecular weight is 140 g/mol. The first-order valence-corrected chi connectivity index (χ1v) is 2.67. The van der Waals surface area contributed by atoms with E-state index in [2.05, 4.69) is 20.4 Å². The monoisotopic (exact) mass is 140 g/mol. The van der Waals surface area contributed by atoms with Crippen LogP contribution < -0.4 is 17.0 Å². The van der Waals surface area contributed by atoms with Crippen LogP contribution in [0.4, 0.5) is 11.9 Å². The van der Waals surface area contributed by atoms with E-state index in [1.54, 1.807) is 6.92 Å². The summed E-state index contributed by atoms with van der Waals surface area (Å²) in [5, 5.41) is 0. The third-order valence-electron chi connectivity index (χ3n) is 0.894. The topological polar surface area (TPSA) is 103 Å². The second kappa shape index (κ2) is 2.44. The van der Waals surface area contributed by atoms with Gasteiger partial charge in [-0.2, -0.15) is 15.0 Å². The van der Waals surface area contributed by atoms with E-state index < -0.39 is 0 Å². The maximum atomic E-state index is 5.28. The van der Waals surface area contributed by atoms with Crippen molar-refractivity contribution in [1.29, 1.82) is 0 Å². The van der Waals surface area contributed by atoms with Gasteiger partial charge in [0.15, 0.2) is 0 Å². The van der Waals surface area contributed by atoms with Crippen molar-refractivity contribution in [2.75, 3.05) is 11.2 Å². The standard InChI is InChI=1S/C4H8N6/c1-2-7-3(5)9-4(8-2)10-6/h6H2,1H3,(H3,5,7,8,9,10). The van der Waals surface area contributed by atoms with Crippen LogP contribution in [0, 0.1) is 6.92 Å².